The molecule has 2 N–H and O–H groups in total. The molecule has 36 heavy (non-hydrogen) atoms. The summed E-state index contributed by atoms with van der Waals surface area (Å²) in [7, 11) is -3.52. The van der Waals surface area contributed by atoms with Crippen molar-refractivity contribution in [2.75, 3.05) is 10.6 Å². The number of sulfonamides is 1. The number of carbonyl (C=O) groups excluding carboxylic acids is 1. The van der Waals surface area contributed by atoms with E-state index in [4.69, 9.17) is 0 Å². The molecule has 0 aromatic heterocycles. The molecule has 0 radical (unpaired) electrons. The van der Waals surface area contributed by atoms with Gasteiger partial charge in [-0.3, -0.25) is 9.10 Å². The molecular weight excluding hydrogens is 474 g/mol. The zero-order valence-electron chi connectivity index (χ0n) is 20.3. The van der Waals surface area contributed by atoms with Gasteiger partial charge in [-0.15, -0.1) is 0 Å². The molecule has 7 nitrogen and oxygen atoms in total. The van der Waals surface area contributed by atoms with Gasteiger partial charge in [-0.25, -0.2) is 13.8 Å². The molecule has 4 aromatic carbocycles. The summed E-state index contributed by atoms with van der Waals surface area (Å²) in [6.45, 7) is 4.06. The summed E-state index contributed by atoms with van der Waals surface area (Å²) in [5, 5.41) is 16.0. The highest BCUT2D eigenvalue weighted by atomic mass is 32.2. The Morgan fingerprint density at radius 3 is 2.39 bits per heavy atom. The van der Waals surface area contributed by atoms with Gasteiger partial charge in [0, 0.05) is 11.1 Å². The maximum absolute atomic E-state index is 12.6. The van der Waals surface area contributed by atoms with Crippen LogP contribution in [0.4, 0.5) is 5.69 Å². The van der Waals surface area contributed by atoms with Crippen molar-refractivity contribution in [1.82, 2.24) is 5.43 Å². The van der Waals surface area contributed by atoms with Crippen LogP contribution in [-0.4, -0.2) is 31.9 Å². The fourth-order valence-electron chi connectivity index (χ4n) is 3.85. The van der Waals surface area contributed by atoms with Crippen LogP contribution < -0.4 is 9.73 Å². The number of hydrogen-bond acceptors (Lipinski definition) is 5. The van der Waals surface area contributed by atoms with Gasteiger partial charge in [0.15, 0.2) is 0 Å². The van der Waals surface area contributed by atoms with E-state index in [1.807, 2.05) is 56.3 Å². The van der Waals surface area contributed by atoms with E-state index in [-0.39, 0.29) is 12.3 Å². The number of aryl methyl sites for hydroxylation is 2. The first-order chi connectivity index (χ1) is 17.1. The third-order valence-electron chi connectivity index (χ3n) is 6.03. The average Bonchev–Trinajstić information content (AvgIpc) is 2.85. The van der Waals surface area contributed by atoms with Gasteiger partial charge in [0.2, 0.25) is 10.0 Å². The summed E-state index contributed by atoms with van der Waals surface area (Å²) >= 11 is 0. The van der Waals surface area contributed by atoms with Crippen molar-refractivity contribution in [2.45, 2.75) is 20.4 Å². The van der Waals surface area contributed by atoms with Gasteiger partial charge in [0.1, 0.15) is 5.75 Å². The minimum Gasteiger partial charge on any atom is -0.507 e. The Morgan fingerprint density at radius 1 is 0.972 bits per heavy atom. The molecule has 1 amide bonds. The molecule has 184 valence electrons. The third kappa shape index (κ3) is 5.55. The van der Waals surface area contributed by atoms with E-state index in [0.717, 1.165) is 27.5 Å². The summed E-state index contributed by atoms with van der Waals surface area (Å²) in [5.74, 6) is -0.359. The minimum atomic E-state index is -3.52. The van der Waals surface area contributed by atoms with E-state index in [2.05, 4.69) is 10.5 Å². The first kappa shape index (κ1) is 24.9. The number of hydrogen-bond donors (Lipinski definition) is 2. The predicted octanol–water partition coefficient (Wildman–Crippen LogP) is 4.89. The van der Waals surface area contributed by atoms with E-state index in [0.29, 0.717) is 16.8 Å². The highest BCUT2D eigenvalue weighted by Crippen LogP contribution is 2.26. The molecule has 0 spiro atoms. The molecule has 8 heteroatoms. The van der Waals surface area contributed by atoms with Crippen molar-refractivity contribution in [1.29, 1.82) is 0 Å². The van der Waals surface area contributed by atoms with Gasteiger partial charge in [-0.2, -0.15) is 5.10 Å². The number of anilines is 1. The quantitative estimate of drug-likeness (QED) is 0.278. The number of carbonyl (C=O) groups is 1. The van der Waals surface area contributed by atoms with Crippen LogP contribution in [0.5, 0.6) is 5.75 Å². The molecule has 0 aliphatic heterocycles. The van der Waals surface area contributed by atoms with Crippen LogP contribution in [0.3, 0.4) is 0 Å². The Bertz CT molecular complexity index is 1560. The Morgan fingerprint density at radius 2 is 1.69 bits per heavy atom. The van der Waals surface area contributed by atoms with E-state index >= 15 is 0 Å². The molecule has 0 saturated carbocycles. The van der Waals surface area contributed by atoms with Gasteiger partial charge in [-0.05, 0) is 71.6 Å². The van der Waals surface area contributed by atoms with Crippen LogP contribution in [0, 0.1) is 13.8 Å². The first-order valence-corrected chi connectivity index (χ1v) is 13.2. The largest absolute Gasteiger partial charge is 0.507 e. The van der Waals surface area contributed by atoms with Crippen molar-refractivity contribution >= 4 is 38.6 Å². The molecule has 0 bridgehead atoms. The van der Waals surface area contributed by atoms with Crippen molar-refractivity contribution in [3.63, 3.8) is 0 Å². The molecular formula is C28H27N3O4S. The molecule has 0 aliphatic carbocycles. The maximum atomic E-state index is 12.6. The Hall–Kier alpha value is -4.17. The van der Waals surface area contributed by atoms with E-state index in [1.54, 1.807) is 36.4 Å². The molecule has 0 heterocycles. The second-order valence-corrected chi connectivity index (χ2v) is 10.6. The van der Waals surface area contributed by atoms with Crippen LogP contribution in [0.2, 0.25) is 0 Å². The number of hydrazone groups is 1. The number of benzene rings is 4. The monoisotopic (exact) mass is 501 g/mol. The highest BCUT2D eigenvalue weighted by Gasteiger charge is 2.18. The minimum absolute atomic E-state index is 0.0650. The van der Waals surface area contributed by atoms with Crippen LogP contribution in [0.15, 0.2) is 84.0 Å². The molecule has 0 saturated heterocycles. The number of phenolic OH excluding ortho intramolecular Hbond substituents is 1. The fourth-order valence-corrected chi connectivity index (χ4v) is 4.73. The zero-order valence-corrected chi connectivity index (χ0v) is 21.1. The van der Waals surface area contributed by atoms with Crippen LogP contribution in [-0.2, 0) is 16.6 Å². The number of nitrogens with one attached hydrogen (secondary N) is 1. The van der Waals surface area contributed by atoms with Crippen molar-refractivity contribution < 1.29 is 18.3 Å². The van der Waals surface area contributed by atoms with E-state index in [9.17, 15) is 18.3 Å². The lowest BCUT2D eigenvalue weighted by Gasteiger charge is -2.23. The Kier molecular flexibility index (Phi) is 7.07. The lowest BCUT2D eigenvalue weighted by Crippen LogP contribution is -2.29. The van der Waals surface area contributed by atoms with Crippen LogP contribution in [0.1, 0.15) is 32.6 Å². The highest BCUT2D eigenvalue weighted by molar-refractivity contribution is 7.92. The van der Waals surface area contributed by atoms with E-state index < -0.39 is 15.9 Å². The van der Waals surface area contributed by atoms with Gasteiger partial charge >= 0.3 is 0 Å². The van der Waals surface area contributed by atoms with E-state index in [1.165, 1.54) is 16.8 Å². The van der Waals surface area contributed by atoms with Crippen LogP contribution >= 0.6 is 0 Å². The van der Waals surface area contributed by atoms with Gasteiger partial charge in [-0.1, -0.05) is 48.5 Å². The predicted molar refractivity (Wildman–Crippen MR) is 144 cm³/mol. The number of fused-ring (bicyclic) bond motifs is 1. The average molecular weight is 502 g/mol. The molecule has 0 aliphatic rings. The molecule has 0 unspecified atom stereocenters. The second-order valence-electron chi connectivity index (χ2n) is 8.65. The lowest BCUT2D eigenvalue weighted by molar-refractivity contribution is 0.0955. The molecule has 4 rings (SSSR count). The Labute approximate surface area is 210 Å². The van der Waals surface area contributed by atoms with Gasteiger partial charge in [0.25, 0.3) is 5.91 Å². The number of nitrogens with zero attached hydrogens (tertiary/aromatic N) is 2. The van der Waals surface area contributed by atoms with Gasteiger partial charge in [0.05, 0.1) is 24.7 Å². The lowest BCUT2D eigenvalue weighted by atomic mass is 10.0. The molecule has 4 aromatic rings. The normalized spacial score (nSPS) is 11.6. The number of rotatable bonds is 7. The summed E-state index contributed by atoms with van der Waals surface area (Å²) in [5.41, 5.74) is 6.77. The summed E-state index contributed by atoms with van der Waals surface area (Å²) in [6.07, 6.45) is 2.59. The van der Waals surface area contributed by atoms with Crippen molar-refractivity contribution in [3.05, 3.63) is 107 Å². The summed E-state index contributed by atoms with van der Waals surface area (Å²) < 4.78 is 26.3. The topological polar surface area (TPSA) is 99.1 Å². The number of phenols is 1. The van der Waals surface area contributed by atoms with Crippen molar-refractivity contribution in [3.8, 4) is 5.75 Å². The first-order valence-electron chi connectivity index (χ1n) is 11.3. The van der Waals surface area contributed by atoms with Crippen LogP contribution in [0.25, 0.3) is 10.8 Å². The SMILES string of the molecule is Cc1ccc(N(Cc2ccc(C(=O)N/N=C\c3c(O)ccc4ccccc34)cc2)S(C)(=O)=O)cc1C. The zero-order chi connectivity index (χ0) is 25.9. The second kappa shape index (κ2) is 10.2. The fraction of sp³-hybridized carbons (Fsp3) is 0.143. The third-order valence-corrected chi connectivity index (χ3v) is 7.17. The number of amides is 1. The summed E-state index contributed by atoms with van der Waals surface area (Å²) in [4.78, 5) is 12.6. The molecule has 0 fully saturated rings. The Balaban J connectivity index is 1.48. The van der Waals surface area contributed by atoms with Crippen molar-refractivity contribution in [2.24, 2.45) is 5.10 Å². The number of aromatic hydroxyl groups is 1. The molecule has 0 atom stereocenters. The smallest absolute Gasteiger partial charge is 0.271 e. The van der Waals surface area contributed by atoms with Gasteiger partial charge < -0.3 is 5.11 Å². The maximum Gasteiger partial charge on any atom is 0.271 e. The standard InChI is InChI=1S/C28H27N3O4S/c1-19-8-14-24(16-20(19)2)31(36(3,34)35)18-21-9-11-23(12-10-21)28(33)30-29-17-26-25-7-5-4-6-22(25)13-15-27(26)32/h4-17,32H,18H2,1-3H3,(H,30,33)/b29-17-. The summed E-state index contributed by atoms with van der Waals surface area (Å²) in [6, 6.07) is 23.2.